The Balaban J connectivity index is 2.15. The Morgan fingerprint density at radius 3 is 2.31 bits per heavy atom. The molecule has 0 spiro atoms. The number of para-hydroxylation sites is 1. The van der Waals surface area contributed by atoms with E-state index in [2.05, 4.69) is 5.32 Å². The van der Waals surface area contributed by atoms with Gasteiger partial charge in [0.15, 0.2) is 0 Å². The average molecular weight is 363 g/mol. The SMILES string of the molecule is NC(=O)[C@@H](Cc1ccccc1[N+](=O)[O-])NC(=O)Cc1c(F)cccc1F. The summed E-state index contributed by atoms with van der Waals surface area (Å²) in [5.74, 6) is -3.55. The number of nitro groups is 1. The van der Waals surface area contributed by atoms with Crippen molar-refractivity contribution < 1.29 is 23.3 Å². The predicted molar refractivity (Wildman–Crippen MR) is 88.0 cm³/mol. The molecule has 2 amide bonds. The van der Waals surface area contributed by atoms with Gasteiger partial charge in [0.1, 0.15) is 17.7 Å². The number of nitro benzene ring substituents is 1. The minimum absolute atomic E-state index is 0.193. The fourth-order valence-electron chi connectivity index (χ4n) is 2.41. The highest BCUT2D eigenvalue weighted by Gasteiger charge is 2.24. The lowest BCUT2D eigenvalue weighted by atomic mass is 10.0. The van der Waals surface area contributed by atoms with E-state index in [-0.39, 0.29) is 17.7 Å². The summed E-state index contributed by atoms with van der Waals surface area (Å²) in [5, 5.41) is 13.3. The highest BCUT2D eigenvalue weighted by atomic mass is 19.1. The number of carbonyl (C=O) groups is 2. The minimum atomic E-state index is -1.27. The largest absolute Gasteiger partial charge is 0.368 e. The monoisotopic (exact) mass is 363 g/mol. The first-order valence-corrected chi connectivity index (χ1v) is 7.53. The molecule has 0 bridgehead atoms. The molecule has 0 heterocycles. The first-order chi connectivity index (χ1) is 12.3. The van der Waals surface area contributed by atoms with Crippen molar-refractivity contribution in [2.24, 2.45) is 5.73 Å². The minimum Gasteiger partial charge on any atom is -0.368 e. The van der Waals surface area contributed by atoms with E-state index in [9.17, 15) is 28.5 Å². The van der Waals surface area contributed by atoms with Crippen molar-refractivity contribution in [2.45, 2.75) is 18.9 Å². The number of primary amides is 1. The van der Waals surface area contributed by atoms with Crippen molar-refractivity contribution in [1.82, 2.24) is 5.32 Å². The van der Waals surface area contributed by atoms with Gasteiger partial charge in [-0.3, -0.25) is 19.7 Å². The van der Waals surface area contributed by atoms with Crippen LogP contribution in [0.2, 0.25) is 0 Å². The third kappa shape index (κ3) is 4.59. The normalized spacial score (nSPS) is 11.6. The zero-order chi connectivity index (χ0) is 19.3. The van der Waals surface area contributed by atoms with Crippen molar-refractivity contribution in [3.8, 4) is 0 Å². The first-order valence-electron chi connectivity index (χ1n) is 7.53. The molecule has 0 saturated heterocycles. The Bertz CT molecular complexity index is 837. The van der Waals surface area contributed by atoms with Gasteiger partial charge in [0.25, 0.3) is 5.69 Å². The molecule has 2 aromatic rings. The smallest absolute Gasteiger partial charge is 0.272 e. The molecule has 0 saturated carbocycles. The molecular weight excluding hydrogens is 348 g/mol. The maximum Gasteiger partial charge on any atom is 0.272 e. The molecule has 0 aliphatic carbocycles. The summed E-state index contributed by atoms with van der Waals surface area (Å²) in [6, 6.07) is 7.58. The fraction of sp³-hybridized carbons (Fsp3) is 0.176. The maximum absolute atomic E-state index is 13.6. The molecule has 0 aromatic heterocycles. The lowest BCUT2D eigenvalue weighted by molar-refractivity contribution is -0.385. The predicted octanol–water partition coefficient (Wildman–Crippen LogP) is 1.63. The van der Waals surface area contributed by atoms with Crippen LogP contribution in [-0.2, 0) is 22.4 Å². The van der Waals surface area contributed by atoms with Crippen LogP contribution >= 0.6 is 0 Å². The van der Waals surface area contributed by atoms with E-state index in [1.165, 1.54) is 24.3 Å². The Morgan fingerprint density at radius 2 is 1.73 bits per heavy atom. The number of rotatable bonds is 7. The van der Waals surface area contributed by atoms with Gasteiger partial charge in [-0.2, -0.15) is 0 Å². The van der Waals surface area contributed by atoms with E-state index in [4.69, 9.17) is 5.73 Å². The van der Waals surface area contributed by atoms with Gasteiger partial charge < -0.3 is 11.1 Å². The molecule has 2 aromatic carbocycles. The number of amides is 2. The molecular formula is C17H15F2N3O4. The Labute approximate surface area is 147 Å². The van der Waals surface area contributed by atoms with Gasteiger partial charge in [0, 0.05) is 23.6 Å². The summed E-state index contributed by atoms with van der Waals surface area (Å²) in [5.41, 5.74) is 4.76. The van der Waals surface area contributed by atoms with Crippen LogP contribution in [0.25, 0.3) is 0 Å². The van der Waals surface area contributed by atoms with Crippen molar-refractivity contribution in [1.29, 1.82) is 0 Å². The summed E-state index contributed by atoms with van der Waals surface area (Å²) in [6.45, 7) is 0. The van der Waals surface area contributed by atoms with Gasteiger partial charge in [-0.1, -0.05) is 24.3 Å². The summed E-state index contributed by atoms with van der Waals surface area (Å²) >= 11 is 0. The fourth-order valence-corrected chi connectivity index (χ4v) is 2.41. The Morgan fingerprint density at radius 1 is 1.12 bits per heavy atom. The lowest BCUT2D eigenvalue weighted by Gasteiger charge is -2.16. The highest BCUT2D eigenvalue weighted by Crippen LogP contribution is 2.19. The van der Waals surface area contributed by atoms with E-state index in [0.29, 0.717) is 0 Å². The zero-order valence-corrected chi connectivity index (χ0v) is 13.4. The number of hydrogen-bond acceptors (Lipinski definition) is 4. The van der Waals surface area contributed by atoms with Crippen LogP contribution in [0, 0.1) is 21.7 Å². The van der Waals surface area contributed by atoms with Crippen LogP contribution in [0.3, 0.4) is 0 Å². The number of nitrogens with two attached hydrogens (primary N) is 1. The molecule has 0 aliphatic rings. The second kappa shape index (κ2) is 8.15. The van der Waals surface area contributed by atoms with Gasteiger partial charge in [0.2, 0.25) is 11.8 Å². The number of nitrogens with one attached hydrogen (secondary N) is 1. The maximum atomic E-state index is 13.6. The van der Waals surface area contributed by atoms with E-state index in [1.807, 2.05) is 0 Å². The molecule has 3 N–H and O–H groups in total. The number of halogens is 2. The van der Waals surface area contributed by atoms with Gasteiger partial charge in [0.05, 0.1) is 11.3 Å². The molecule has 0 aliphatic heterocycles. The van der Waals surface area contributed by atoms with Gasteiger partial charge >= 0.3 is 0 Å². The summed E-state index contributed by atoms with van der Waals surface area (Å²) < 4.78 is 27.2. The average Bonchev–Trinajstić information content (AvgIpc) is 2.58. The van der Waals surface area contributed by atoms with Gasteiger partial charge in [-0.15, -0.1) is 0 Å². The second-order valence-electron chi connectivity index (χ2n) is 5.49. The summed E-state index contributed by atoms with van der Waals surface area (Å²) in [6.07, 6.45) is -0.864. The van der Waals surface area contributed by atoms with E-state index >= 15 is 0 Å². The third-order valence-corrected chi connectivity index (χ3v) is 3.69. The molecule has 0 radical (unpaired) electrons. The summed E-state index contributed by atoms with van der Waals surface area (Å²) in [7, 11) is 0. The van der Waals surface area contributed by atoms with Crippen molar-refractivity contribution in [3.63, 3.8) is 0 Å². The van der Waals surface area contributed by atoms with Crippen LogP contribution in [0.4, 0.5) is 14.5 Å². The van der Waals surface area contributed by atoms with Crippen LogP contribution in [-0.4, -0.2) is 22.8 Å². The third-order valence-electron chi connectivity index (χ3n) is 3.69. The quantitative estimate of drug-likeness (QED) is 0.574. The van der Waals surface area contributed by atoms with E-state index < -0.39 is 46.4 Å². The number of nitrogens with zero attached hydrogens (tertiary/aromatic N) is 1. The molecule has 0 fully saturated rings. The Kier molecular flexibility index (Phi) is 5.94. The van der Waals surface area contributed by atoms with Gasteiger partial charge in [-0.25, -0.2) is 8.78 Å². The van der Waals surface area contributed by atoms with Crippen molar-refractivity contribution >= 4 is 17.5 Å². The number of hydrogen-bond donors (Lipinski definition) is 2. The molecule has 7 nitrogen and oxygen atoms in total. The van der Waals surface area contributed by atoms with E-state index in [1.54, 1.807) is 0 Å². The highest BCUT2D eigenvalue weighted by molar-refractivity contribution is 5.87. The van der Waals surface area contributed by atoms with Crippen LogP contribution in [0.5, 0.6) is 0 Å². The van der Waals surface area contributed by atoms with Crippen LogP contribution < -0.4 is 11.1 Å². The van der Waals surface area contributed by atoms with Crippen LogP contribution in [0.15, 0.2) is 42.5 Å². The first kappa shape index (κ1) is 19.0. The van der Waals surface area contributed by atoms with Crippen LogP contribution in [0.1, 0.15) is 11.1 Å². The van der Waals surface area contributed by atoms with Gasteiger partial charge in [-0.05, 0) is 12.1 Å². The Hall–Kier alpha value is -3.36. The molecule has 2 rings (SSSR count). The summed E-state index contributed by atoms with van der Waals surface area (Å²) in [4.78, 5) is 34.1. The van der Waals surface area contributed by atoms with Crippen molar-refractivity contribution in [2.75, 3.05) is 0 Å². The van der Waals surface area contributed by atoms with E-state index in [0.717, 1.165) is 18.2 Å². The molecule has 136 valence electrons. The second-order valence-corrected chi connectivity index (χ2v) is 5.49. The number of carbonyl (C=O) groups excluding carboxylic acids is 2. The van der Waals surface area contributed by atoms with Crippen molar-refractivity contribution in [3.05, 3.63) is 75.3 Å². The zero-order valence-electron chi connectivity index (χ0n) is 13.4. The standard InChI is InChI=1S/C17H15F2N3O4/c18-12-5-3-6-13(19)11(12)9-16(23)21-14(17(20)24)8-10-4-1-2-7-15(10)22(25)26/h1-7,14H,8-9H2,(H2,20,24)(H,21,23)/t14-/m1/s1. The molecule has 9 heteroatoms. The lowest BCUT2D eigenvalue weighted by Crippen LogP contribution is -2.46. The molecule has 1 atom stereocenters. The molecule has 0 unspecified atom stereocenters. The topological polar surface area (TPSA) is 115 Å². The molecule has 26 heavy (non-hydrogen) atoms. The number of benzene rings is 2.